The number of rotatable bonds is 2. The van der Waals surface area contributed by atoms with E-state index in [1.807, 2.05) is 0 Å². The molecule has 0 spiro atoms. The number of esters is 1. The van der Waals surface area contributed by atoms with Crippen LogP contribution in [0, 0.1) is 11.8 Å². The van der Waals surface area contributed by atoms with Crippen LogP contribution in [0.4, 0.5) is 5.69 Å². The highest BCUT2D eigenvalue weighted by molar-refractivity contribution is 7.12. The van der Waals surface area contributed by atoms with Crippen LogP contribution in [0.2, 0.25) is 0 Å². The largest absolute Gasteiger partial charge is 0.465 e. The molecule has 1 amide bonds. The molecular weight excluding hydrogens is 214 g/mol. The van der Waals surface area contributed by atoms with Crippen molar-refractivity contribution in [2.24, 2.45) is 0 Å². The number of ether oxygens (including phenoxy) is 1. The van der Waals surface area contributed by atoms with Crippen molar-refractivity contribution in [1.82, 2.24) is 0 Å². The van der Waals surface area contributed by atoms with Crippen LogP contribution < -0.4 is 5.32 Å². The number of anilines is 1. The van der Waals surface area contributed by atoms with Crippen LogP contribution in [0.3, 0.4) is 0 Å². The third kappa shape index (κ3) is 2.82. The molecule has 1 heterocycles. The Hall–Kier alpha value is -1.80. The van der Waals surface area contributed by atoms with Gasteiger partial charge in [0.2, 0.25) is 0 Å². The van der Waals surface area contributed by atoms with E-state index in [4.69, 9.17) is 0 Å². The first-order valence-corrected chi connectivity index (χ1v) is 4.96. The molecule has 4 nitrogen and oxygen atoms in total. The van der Waals surface area contributed by atoms with Gasteiger partial charge in [0.05, 0.1) is 12.8 Å². The van der Waals surface area contributed by atoms with Gasteiger partial charge in [-0.25, -0.2) is 4.79 Å². The van der Waals surface area contributed by atoms with Gasteiger partial charge < -0.3 is 10.1 Å². The Bertz CT molecular complexity index is 439. The molecule has 5 heteroatoms. The van der Waals surface area contributed by atoms with E-state index >= 15 is 0 Å². The third-order valence-corrected chi connectivity index (χ3v) is 2.42. The predicted molar refractivity (Wildman–Crippen MR) is 57.7 cm³/mol. The van der Waals surface area contributed by atoms with Crippen molar-refractivity contribution >= 4 is 28.9 Å². The summed E-state index contributed by atoms with van der Waals surface area (Å²) in [7, 11) is 1.29. The number of carbonyl (C=O) groups is 2. The van der Waals surface area contributed by atoms with Crippen molar-refractivity contribution in [1.29, 1.82) is 0 Å². The first-order chi connectivity index (χ1) is 7.19. The number of nitrogens with one attached hydrogen (secondary N) is 1. The summed E-state index contributed by atoms with van der Waals surface area (Å²) in [6.45, 7) is 1.56. The highest BCUT2D eigenvalue weighted by atomic mass is 32.1. The zero-order valence-electron chi connectivity index (χ0n) is 8.29. The first-order valence-electron chi connectivity index (χ1n) is 4.08. The minimum atomic E-state index is -0.468. The van der Waals surface area contributed by atoms with E-state index < -0.39 is 11.9 Å². The Balaban J connectivity index is 2.85. The number of hydrogen-bond donors (Lipinski definition) is 1. The Kier molecular flexibility index (Phi) is 3.89. The van der Waals surface area contributed by atoms with Gasteiger partial charge in [0, 0.05) is 0 Å². The molecule has 15 heavy (non-hydrogen) atoms. The third-order valence-electron chi connectivity index (χ3n) is 1.52. The quantitative estimate of drug-likeness (QED) is 0.610. The van der Waals surface area contributed by atoms with E-state index in [1.165, 1.54) is 18.4 Å². The van der Waals surface area contributed by atoms with Gasteiger partial charge in [0.15, 0.2) is 0 Å². The molecule has 0 atom stereocenters. The normalized spacial score (nSPS) is 8.67. The van der Waals surface area contributed by atoms with Gasteiger partial charge in [0.1, 0.15) is 4.88 Å². The van der Waals surface area contributed by atoms with Gasteiger partial charge in [-0.3, -0.25) is 4.79 Å². The maximum absolute atomic E-state index is 11.2. The molecule has 0 unspecified atom stereocenters. The lowest BCUT2D eigenvalue weighted by molar-refractivity contribution is -0.111. The molecule has 0 saturated carbocycles. The van der Waals surface area contributed by atoms with E-state index in [-0.39, 0.29) is 0 Å². The van der Waals surface area contributed by atoms with Crippen LogP contribution in [-0.4, -0.2) is 19.0 Å². The smallest absolute Gasteiger partial charge is 0.350 e. The maximum atomic E-state index is 11.2. The van der Waals surface area contributed by atoms with Crippen molar-refractivity contribution < 1.29 is 14.3 Å². The lowest BCUT2D eigenvalue weighted by atomic mass is 10.4. The molecule has 78 valence electrons. The molecule has 0 aromatic carbocycles. The Labute approximate surface area is 91.2 Å². The topological polar surface area (TPSA) is 55.4 Å². The Morgan fingerprint density at radius 3 is 2.87 bits per heavy atom. The number of carbonyl (C=O) groups excluding carboxylic acids is 2. The summed E-state index contributed by atoms with van der Waals surface area (Å²) in [6.07, 6.45) is 0. The average Bonchev–Trinajstić information content (AvgIpc) is 2.65. The van der Waals surface area contributed by atoms with Crippen molar-refractivity contribution in [3.05, 3.63) is 16.3 Å². The van der Waals surface area contributed by atoms with Gasteiger partial charge in [0.25, 0.3) is 5.91 Å². The number of methoxy groups -OCH3 is 1. The van der Waals surface area contributed by atoms with Crippen LogP contribution in [0.1, 0.15) is 16.6 Å². The van der Waals surface area contributed by atoms with Gasteiger partial charge in [-0.15, -0.1) is 11.3 Å². The summed E-state index contributed by atoms with van der Waals surface area (Å²) < 4.78 is 4.56. The van der Waals surface area contributed by atoms with Crippen molar-refractivity contribution in [2.75, 3.05) is 12.4 Å². The van der Waals surface area contributed by atoms with Gasteiger partial charge >= 0.3 is 5.97 Å². The first kappa shape index (κ1) is 11.3. The molecule has 1 rings (SSSR count). The fraction of sp³-hybridized carbons (Fsp3) is 0.200. The molecule has 1 aromatic heterocycles. The molecule has 0 fully saturated rings. The lowest BCUT2D eigenvalue weighted by Gasteiger charge is -2.00. The zero-order chi connectivity index (χ0) is 11.3. The summed E-state index contributed by atoms with van der Waals surface area (Å²) in [5.41, 5.74) is 0.430. The van der Waals surface area contributed by atoms with E-state index in [0.29, 0.717) is 10.6 Å². The fourth-order valence-electron chi connectivity index (χ4n) is 0.926. The molecule has 0 aliphatic rings. The Morgan fingerprint density at radius 1 is 1.53 bits per heavy atom. The van der Waals surface area contributed by atoms with E-state index in [1.54, 1.807) is 18.4 Å². The van der Waals surface area contributed by atoms with Crippen LogP contribution in [0.15, 0.2) is 11.4 Å². The van der Waals surface area contributed by atoms with Crippen LogP contribution in [0.25, 0.3) is 0 Å². The van der Waals surface area contributed by atoms with Crippen molar-refractivity contribution in [3.63, 3.8) is 0 Å². The minimum Gasteiger partial charge on any atom is -0.465 e. The van der Waals surface area contributed by atoms with Gasteiger partial charge in [-0.1, -0.05) is 5.92 Å². The Morgan fingerprint density at radius 2 is 2.27 bits per heavy atom. The second-order valence-electron chi connectivity index (χ2n) is 2.48. The highest BCUT2D eigenvalue weighted by Gasteiger charge is 2.14. The fourth-order valence-corrected chi connectivity index (χ4v) is 1.69. The molecule has 0 saturated heterocycles. The SMILES string of the molecule is CC#CC(=O)Nc1ccsc1C(=O)OC. The van der Waals surface area contributed by atoms with Crippen molar-refractivity contribution in [2.45, 2.75) is 6.92 Å². The van der Waals surface area contributed by atoms with Crippen LogP contribution in [0.5, 0.6) is 0 Å². The number of amides is 1. The van der Waals surface area contributed by atoms with Crippen LogP contribution >= 0.6 is 11.3 Å². The zero-order valence-corrected chi connectivity index (χ0v) is 9.10. The van der Waals surface area contributed by atoms with E-state index in [9.17, 15) is 9.59 Å². The molecular formula is C10H9NO3S. The molecule has 1 aromatic rings. The van der Waals surface area contributed by atoms with Gasteiger partial charge in [-0.05, 0) is 24.3 Å². The summed E-state index contributed by atoms with van der Waals surface area (Å²) in [6, 6.07) is 1.63. The number of hydrogen-bond acceptors (Lipinski definition) is 4. The summed E-state index contributed by atoms with van der Waals surface area (Å²) >= 11 is 1.20. The maximum Gasteiger partial charge on any atom is 0.350 e. The lowest BCUT2D eigenvalue weighted by Crippen LogP contribution is -2.11. The monoisotopic (exact) mass is 223 g/mol. The molecule has 0 aliphatic carbocycles. The molecule has 0 radical (unpaired) electrons. The average molecular weight is 223 g/mol. The van der Waals surface area contributed by atoms with Crippen LogP contribution in [-0.2, 0) is 9.53 Å². The second-order valence-corrected chi connectivity index (χ2v) is 3.40. The summed E-state index contributed by atoms with van der Waals surface area (Å²) in [5.74, 6) is 3.88. The molecule has 0 bridgehead atoms. The molecule has 0 aliphatic heterocycles. The minimum absolute atomic E-state index is 0.365. The standard InChI is InChI=1S/C10H9NO3S/c1-3-4-8(12)11-7-5-6-15-9(7)10(13)14-2/h5-6H,1-2H3,(H,11,12). The van der Waals surface area contributed by atoms with E-state index in [0.717, 1.165) is 0 Å². The van der Waals surface area contributed by atoms with Gasteiger partial charge in [-0.2, -0.15) is 0 Å². The summed E-state index contributed by atoms with van der Waals surface area (Å²) in [5, 5.41) is 4.20. The second kappa shape index (κ2) is 5.17. The highest BCUT2D eigenvalue weighted by Crippen LogP contribution is 2.22. The predicted octanol–water partition coefficient (Wildman–Crippen LogP) is 1.50. The number of thiophene rings is 1. The molecule has 1 N–H and O–H groups in total. The summed E-state index contributed by atoms with van der Waals surface area (Å²) in [4.78, 5) is 22.7. The van der Waals surface area contributed by atoms with Crippen molar-refractivity contribution in [3.8, 4) is 11.8 Å². The van der Waals surface area contributed by atoms with E-state index in [2.05, 4.69) is 21.9 Å².